The summed E-state index contributed by atoms with van der Waals surface area (Å²) in [5.74, 6) is 0.147. The number of carbonyl (C=O) groups is 2. The molecule has 1 heterocycles. The zero-order valence-electron chi connectivity index (χ0n) is 16.5. The molecule has 0 aliphatic carbocycles. The van der Waals surface area contributed by atoms with Crippen LogP contribution in [0.3, 0.4) is 0 Å². The van der Waals surface area contributed by atoms with Crippen LogP contribution in [0.15, 0.2) is 53.9 Å². The van der Waals surface area contributed by atoms with E-state index < -0.39 is 0 Å². The highest BCUT2D eigenvalue weighted by atomic mass is 35.5. The van der Waals surface area contributed by atoms with Gasteiger partial charge in [-0.3, -0.25) is 9.59 Å². The Hall–Kier alpha value is -2.90. The molecule has 30 heavy (non-hydrogen) atoms. The van der Waals surface area contributed by atoms with E-state index in [-0.39, 0.29) is 25.0 Å². The lowest BCUT2D eigenvalue weighted by atomic mass is 10.1. The van der Waals surface area contributed by atoms with Crippen LogP contribution in [-0.2, 0) is 17.8 Å². The first kappa shape index (κ1) is 21.8. The molecule has 3 rings (SSSR count). The van der Waals surface area contributed by atoms with Crippen LogP contribution in [0.1, 0.15) is 26.6 Å². The summed E-state index contributed by atoms with van der Waals surface area (Å²) in [6, 6.07) is 15.0. The zero-order valence-corrected chi connectivity index (χ0v) is 18.1. The number of rotatable bonds is 9. The molecule has 1 aromatic heterocycles. The van der Waals surface area contributed by atoms with Gasteiger partial charge in [0.05, 0.1) is 6.54 Å². The molecule has 2 aromatic carbocycles. The van der Waals surface area contributed by atoms with Gasteiger partial charge in [0.2, 0.25) is 0 Å². The lowest BCUT2D eigenvalue weighted by molar-refractivity contribution is -0.123. The van der Waals surface area contributed by atoms with E-state index in [1.807, 2.05) is 55.5 Å². The number of nitrogens with zero attached hydrogens (tertiary/aromatic N) is 1. The zero-order chi connectivity index (χ0) is 21.3. The largest absolute Gasteiger partial charge is 0.484 e. The molecule has 3 aromatic rings. The Labute approximate surface area is 184 Å². The highest BCUT2D eigenvalue weighted by Gasteiger charge is 2.11. The maximum absolute atomic E-state index is 12.2. The van der Waals surface area contributed by atoms with E-state index in [9.17, 15) is 9.59 Å². The summed E-state index contributed by atoms with van der Waals surface area (Å²) in [7, 11) is 0. The average Bonchev–Trinajstić information content (AvgIpc) is 3.21. The van der Waals surface area contributed by atoms with Crippen LogP contribution in [0.2, 0.25) is 5.02 Å². The van der Waals surface area contributed by atoms with Crippen molar-refractivity contribution in [2.75, 3.05) is 13.2 Å². The average molecular weight is 444 g/mol. The van der Waals surface area contributed by atoms with Crippen molar-refractivity contribution in [1.29, 1.82) is 0 Å². The molecule has 0 bridgehead atoms. The van der Waals surface area contributed by atoms with Crippen LogP contribution < -0.4 is 15.4 Å². The molecule has 2 N–H and O–H groups in total. The molecule has 156 valence electrons. The number of aromatic nitrogens is 1. The van der Waals surface area contributed by atoms with Crippen LogP contribution in [0, 0.1) is 6.92 Å². The number of nitrogens with one attached hydrogen (secondary N) is 2. The van der Waals surface area contributed by atoms with Gasteiger partial charge in [0, 0.05) is 16.9 Å². The molecule has 0 saturated heterocycles. The SMILES string of the molecule is Cc1ccc(OCC(=O)NCc2nc(C(=O)NCCc3cccc(Cl)c3)cs2)cc1. The molecule has 0 aliphatic rings. The summed E-state index contributed by atoms with van der Waals surface area (Å²) < 4.78 is 5.44. The summed E-state index contributed by atoms with van der Waals surface area (Å²) in [5.41, 5.74) is 2.52. The molecule has 0 aliphatic heterocycles. The third-order valence-electron chi connectivity index (χ3n) is 4.20. The van der Waals surface area contributed by atoms with Gasteiger partial charge in [0.1, 0.15) is 16.5 Å². The molecule has 2 amide bonds. The first-order chi connectivity index (χ1) is 14.5. The minimum absolute atomic E-state index is 0.0781. The van der Waals surface area contributed by atoms with Crippen LogP contribution >= 0.6 is 22.9 Å². The summed E-state index contributed by atoms with van der Waals surface area (Å²) in [6.45, 7) is 2.64. The van der Waals surface area contributed by atoms with Crippen LogP contribution in [-0.4, -0.2) is 29.9 Å². The van der Waals surface area contributed by atoms with Gasteiger partial charge in [-0.15, -0.1) is 11.3 Å². The highest BCUT2D eigenvalue weighted by molar-refractivity contribution is 7.09. The smallest absolute Gasteiger partial charge is 0.270 e. The van der Waals surface area contributed by atoms with Gasteiger partial charge in [0.15, 0.2) is 6.61 Å². The lowest BCUT2D eigenvalue weighted by Gasteiger charge is -2.06. The molecule has 0 saturated carbocycles. The summed E-state index contributed by atoms with van der Waals surface area (Å²) in [6.07, 6.45) is 0.681. The van der Waals surface area contributed by atoms with Gasteiger partial charge in [-0.25, -0.2) is 4.98 Å². The number of hydrogen-bond acceptors (Lipinski definition) is 5. The summed E-state index contributed by atoms with van der Waals surface area (Å²) in [4.78, 5) is 28.5. The molecule has 0 unspecified atom stereocenters. The van der Waals surface area contributed by atoms with Crippen molar-refractivity contribution in [3.63, 3.8) is 0 Å². The Morgan fingerprint density at radius 1 is 1.13 bits per heavy atom. The minimum Gasteiger partial charge on any atom is -0.484 e. The maximum Gasteiger partial charge on any atom is 0.270 e. The van der Waals surface area contributed by atoms with Gasteiger partial charge in [-0.05, 0) is 43.2 Å². The van der Waals surface area contributed by atoms with Crippen LogP contribution in [0.4, 0.5) is 0 Å². The monoisotopic (exact) mass is 443 g/mol. The third-order valence-corrected chi connectivity index (χ3v) is 5.28. The molecule has 0 fully saturated rings. The van der Waals surface area contributed by atoms with Gasteiger partial charge in [0.25, 0.3) is 11.8 Å². The molecule has 0 radical (unpaired) electrons. The van der Waals surface area contributed by atoms with Crippen molar-refractivity contribution in [1.82, 2.24) is 15.6 Å². The number of amides is 2. The second-order valence-electron chi connectivity index (χ2n) is 6.64. The van der Waals surface area contributed by atoms with E-state index in [0.29, 0.717) is 34.4 Å². The third kappa shape index (κ3) is 6.86. The van der Waals surface area contributed by atoms with E-state index in [4.69, 9.17) is 16.3 Å². The van der Waals surface area contributed by atoms with Gasteiger partial charge < -0.3 is 15.4 Å². The van der Waals surface area contributed by atoms with Gasteiger partial charge in [-0.2, -0.15) is 0 Å². The fraction of sp³-hybridized carbons (Fsp3) is 0.227. The number of hydrogen-bond donors (Lipinski definition) is 2. The van der Waals surface area contributed by atoms with Crippen molar-refractivity contribution < 1.29 is 14.3 Å². The summed E-state index contributed by atoms with van der Waals surface area (Å²) in [5, 5.41) is 8.59. The maximum atomic E-state index is 12.2. The first-order valence-corrected chi connectivity index (χ1v) is 10.7. The fourth-order valence-electron chi connectivity index (χ4n) is 2.61. The summed E-state index contributed by atoms with van der Waals surface area (Å²) >= 11 is 7.28. The number of aryl methyl sites for hydroxylation is 1. The number of carbonyl (C=O) groups excluding carboxylic acids is 2. The fourth-order valence-corrected chi connectivity index (χ4v) is 3.54. The van der Waals surface area contributed by atoms with Crippen LogP contribution in [0.5, 0.6) is 5.75 Å². The van der Waals surface area contributed by atoms with E-state index >= 15 is 0 Å². The van der Waals surface area contributed by atoms with Crippen molar-refractivity contribution in [2.24, 2.45) is 0 Å². The van der Waals surface area contributed by atoms with E-state index in [0.717, 1.165) is 11.1 Å². The Kier molecular flexibility index (Phi) is 7.82. The Morgan fingerprint density at radius 3 is 2.70 bits per heavy atom. The quantitative estimate of drug-likeness (QED) is 0.527. The van der Waals surface area contributed by atoms with E-state index in [1.54, 1.807) is 5.38 Å². The molecular weight excluding hydrogens is 422 g/mol. The number of thiazole rings is 1. The van der Waals surface area contributed by atoms with Crippen LogP contribution in [0.25, 0.3) is 0 Å². The molecular formula is C22H22ClN3O3S. The minimum atomic E-state index is -0.252. The predicted octanol–water partition coefficient (Wildman–Crippen LogP) is 3.77. The molecule has 0 spiro atoms. The number of ether oxygens (including phenoxy) is 1. The first-order valence-electron chi connectivity index (χ1n) is 9.43. The second-order valence-corrected chi connectivity index (χ2v) is 8.02. The van der Waals surface area contributed by atoms with E-state index in [1.165, 1.54) is 11.3 Å². The predicted molar refractivity (Wildman–Crippen MR) is 118 cm³/mol. The van der Waals surface area contributed by atoms with Crippen molar-refractivity contribution in [2.45, 2.75) is 19.9 Å². The van der Waals surface area contributed by atoms with E-state index in [2.05, 4.69) is 15.6 Å². The molecule has 6 nitrogen and oxygen atoms in total. The van der Waals surface area contributed by atoms with Gasteiger partial charge >= 0.3 is 0 Å². The standard InChI is InChI=1S/C22H22ClN3O3S/c1-15-5-7-18(8-6-15)29-13-20(27)25-12-21-26-19(14-30-21)22(28)24-10-9-16-3-2-4-17(23)11-16/h2-8,11,14H,9-10,12-13H2,1H3,(H,24,28)(H,25,27). The number of halogens is 1. The number of benzene rings is 2. The Morgan fingerprint density at radius 2 is 1.93 bits per heavy atom. The lowest BCUT2D eigenvalue weighted by Crippen LogP contribution is -2.28. The topological polar surface area (TPSA) is 80.3 Å². The second kappa shape index (κ2) is 10.8. The normalized spacial score (nSPS) is 10.5. The van der Waals surface area contributed by atoms with Crippen molar-refractivity contribution in [3.8, 4) is 5.75 Å². The Bertz CT molecular complexity index is 1000. The van der Waals surface area contributed by atoms with Crippen molar-refractivity contribution in [3.05, 3.63) is 80.8 Å². The van der Waals surface area contributed by atoms with Crippen molar-refractivity contribution >= 4 is 34.8 Å². The Balaban J connectivity index is 1.38. The highest BCUT2D eigenvalue weighted by Crippen LogP contribution is 2.13. The molecule has 8 heteroatoms. The van der Waals surface area contributed by atoms with Gasteiger partial charge in [-0.1, -0.05) is 41.4 Å². The molecule has 0 atom stereocenters.